The van der Waals surface area contributed by atoms with E-state index in [1.165, 1.54) is 0 Å². The Balaban J connectivity index is 1.61. The van der Waals surface area contributed by atoms with Crippen molar-refractivity contribution in [1.82, 2.24) is 19.7 Å². The largest absolute Gasteiger partial charge is 0.475 e. The molecule has 1 fully saturated rings. The Labute approximate surface area is 152 Å². The first-order chi connectivity index (χ1) is 12.6. The van der Waals surface area contributed by atoms with Gasteiger partial charge in [0.2, 0.25) is 5.65 Å². The van der Waals surface area contributed by atoms with Gasteiger partial charge in [-0.3, -0.25) is 4.79 Å². The lowest BCUT2D eigenvalue weighted by atomic mass is 10.1. The topological polar surface area (TPSA) is 68.5 Å². The maximum atomic E-state index is 12.1. The third-order valence-corrected chi connectivity index (χ3v) is 4.25. The van der Waals surface area contributed by atoms with E-state index in [9.17, 15) is 4.79 Å². The monoisotopic (exact) mass is 350 g/mol. The number of ether oxygens (including phenoxy) is 1. The highest BCUT2D eigenvalue weighted by Crippen LogP contribution is 2.24. The molecule has 2 heterocycles. The van der Waals surface area contributed by atoms with Crippen LogP contribution in [-0.4, -0.2) is 32.9 Å². The van der Waals surface area contributed by atoms with E-state index in [4.69, 9.17) is 4.74 Å². The quantitative estimate of drug-likeness (QED) is 0.740. The Kier molecular flexibility index (Phi) is 4.32. The Morgan fingerprint density at radius 1 is 1.31 bits per heavy atom. The summed E-state index contributed by atoms with van der Waals surface area (Å²) in [5.41, 5.74) is 3.08. The van der Waals surface area contributed by atoms with Crippen molar-refractivity contribution in [3.05, 3.63) is 48.4 Å². The highest BCUT2D eigenvalue weighted by Gasteiger charge is 2.23. The van der Waals surface area contributed by atoms with Gasteiger partial charge < -0.3 is 14.5 Å². The molecule has 0 radical (unpaired) electrons. The molecule has 134 valence electrons. The first kappa shape index (κ1) is 16.6. The van der Waals surface area contributed by atoms with Crippen LogP contribution >= 0.6 is 0 Å². The Bertz CT molecular complexity index is 927. The summed E-state index contributed by atoms with van der Waals surface area (Å²) in [6.45, 7) is 4.77. The molecule has 0 spiro atoms. The number of amides is 1. The highest BCUT2D eigenvalue weighted by atomic mass is 16.5. The number of hydrogen-bond acceptors (Lipinski definition) is 4. The van der Waals surface area contributed by atoms with E-state index in [2.05, 4.69) is 29.1 Å². The Hall–Kier alpha value is -2.89. The maximum absolute atomic E-state index is 12.1. The van der Waals surface area contributed by atoms with E-state index in [-0.39, 0.29) is 5.91 Å². The SMILES string of the molecule is CC(C)COc1nc(-c2ccc(C(=O)NC3CC3)cc2)cn2ccnc12. The molecule has 0 atom stereocenters. The number of fused-ring (bicyclic) bond motifs is 1. The minimum Gasteiger partial charge on any atom is -0.475 e. The molecule has 26 heavy (non-hydrogen) atoms. The Morgan fingerprint density at radius 2 is 2.08 bits per heavy atom. The van der Waals surface area contributed by atoms with Crippen LogP contribution in [0.3, 0.4) is 0 Å². The van der Waals surface area contributed by atoms with Crippen molar-refractivity contribution in [2.45, 2.75) is 32.7 Å². The lowest BCUT2D eigenvalue weighted by Crippen LogP contribution is -2.25. The molecular weight excluding hydrogens is 328 g/mol. The van der Waals surface area contributed by atoms with Gasteiger partial charge in [-0.25, -0.2) is 9.97 Å². The van der Waals surface area contributed by atoms with Crippen LogP contribution in [-0.2, 0) is 0 Å². The maximum Gasteiger partial charge on any atom is 0.258 e. The summed E-state index contributed by atoms with van der Waals surface area (Å²) in [5, 5.41) is 3.00. The molecule has 0 aliphatic heterocycles. The van der Waals surface area contributed by atoms with Crippen LogP contribution in [0, 0.1) is 5.92 Å². The number of aromatic nitrogens is 3. The molecule has 0 saturated heterocycles. The van der Waals surface area contributed by atoms with Gasteiger partial charge >= 0.3 is 0 Å². The van der Waals surface area contributed by atoms with Gasteiger partial charge in [-0.1, -0.05) is 26.0 Å². The number of benzene rings is 1. The minimum absolute atomic E-state index is 0.0157. The second-order valence-corrected chi connectivity index (χ2v) is 7.12. The predicted molar refractivity (Wildman–Crippen MR) is 99.2 cm³/mol. The van der Waals surface area contributed by atoms with Crippen molar-refractivity contribution in [2.75, 3.05) is 6.61 Å². The smallest absolute Gasteiger partial charge is 0.258 e. The number of nitrogens with zero attached hydrogens (tertiary/aromatic N) is 3. The molecule has 0 bridgehead atoms. The molecule has 1 amide bonds. The summed E-state index contributed by atoms with van der Waals surface area (Å²) in [5.74, 6) is 0.912. The van der Waals surface area contributed by atoms with Crippen molar-refractivity contribution in [3.63, 3.8) is 0 Å². The first-order valence-electron chi connectivity index (χ1n) is 8.98. The molecule has 3 aromatic rings. The van der Waals surface area contributed by atoms with Crippen LogP contribution in [0.25, 0.3) is 16.9 Å². The predicted octanol–water partition coefficient (Wildman–Crippen LogP) is 3.32. The molecule has 6 nitrogen and oxygen atoms in total. The van der Waals surface area contributed by atoms with Crippen LogP contribution in [0.2, 0.25) is 0 Å². The van der Waals surface area contributed by atoms with Gasteiger partial charge in [0, 0.05) is 35.8 Å². The zero-order valence-corrected chi connectivity index (χ0v) is 15.0. The van der Waals surface area contributed by atoms with Crippen molar-refractivity contribution >= 4 is 11.6 Å². The average Bonchev–Trinajstić information content (AvgIpc) is 3.32. The molecule has 1 aromatic carbocycles. The molecule has 0 unspecified atom stereocenters. The number of imidazole rings is 1. The van der Waals surface area contributed by atoms with Gasteiger partial charge in [0.05, 0.1) is 12.3 Å². The van der Waals surface area contributed by atoms with Crippen LogP contribution in [0.5, 0.6) is 5.88 Å². The molecule has 4 rings (SSSR count). The third-order valence-electron chi connectivity index (χ3n) is 4.25. The number of rotatable bonds is 6. The Morgan fingerprint density at radius 3 is 2.77 bits per heavy atom. The van der Waals surface area contributed by atoms with E-state index in [1.54, 1.807) is 6.20 Å². The van der Waals surface area contributed by atoms with Crippen LogP contribution in [0.1, 0.15) is 37.0 Å². The summed E-state index contributed by atoms with van der Waals surface area (Å²) in [7, 11) is 0. The number of nitrogens with one attached hydrogen (secondary N) is 1. The van der Waals surface area contributed by atoms with E-state index < -0.39 is 0 Å². The summed E-state index contributed by atoms with van der Waals surface area (Å²) in [4.78, 5) is 21.1. The number of carbonyl (C=O) groups excluding carboxylic acids is 1. The van der Waals surface area contributed by atoms with Gasteiger partial charge in [0.25, 0.3) is 11.8 Å². The van der Waals surface area contributed by atoms with Crippen molar-refractivity contribution < 1.29 is 9.53 Å². The fourth-order valence-corrected chi connectivity index (χ4v) is 2.67. The lowest BCUT2D eigenvalue weighted by Gasteiger charge is -2.11. The summed E-state index contributed by atoms with van der Waals surface area (Å²) in [6, 6.07) is 7.86. The van der Waals surface area contributed by atoms with Gasteiger partial charge in [-0.2, -0.15) is 0 Å². The van der Waals surface area contributed by atoms with Crippen molar-refractivity contribution in [1.29, 1.82) is 0 Å². The summed E-state index contributed by atoms with van der Waals surface area (Å²) >= 11 is 0. The van der Waals surface area contributed by atoms with Crippen LogP contribution < -0.4 is 10.1 Å². The molecule has 1 aliphatic rings. The second kappa shape index (κ2) is 6.78. The third kappa shape index (κ3) is 3.54. The molecule has 1 N–H and O–H groups in total. The van der Waals surface area contributed by atoms with Crippen LogP contribution in [0.4, 0.5) is 0 Å². The zero-order chi connectivity index (χ0) is 18.1. The first-order valence-corrected chi connectivity index (χ1v) is 8.98. The fraction of sp³-hybridized carbons (Fsp3) is 0.350. The van der Waals surface area contributed by atoms with E-state index in [0.717, 1.165) is 24.1 Å². The van der Waals surface area contributed by atoms with Crippen LogP contribution in [0.15, 0.2) is 42.9 Å². The summed E-state index contributed by atoms with van der Waals surface area (Å²) < 4.78 is 7.76. The van der Waals surface area contributed by atoms with Gasteiger partial charge in [0.1, 0.15) is 0 Å². The lowest BCUT2D eigenvalue weighted by molar-refractivity contribution is 0.0951. The fourth-order valence-electron chi connectivity index (χ4n) is 2.67. The summed E-state index contributed by atoms with van der Waals surface area (Å²) in [6.07, 6.45) is 7.69. The zero-order valence-electron chi connectivity index (χ0n) is 15.0. The second-order valence-electron chi connectivity index (χ2n) is 7.12. The van der Waals surface area contributed by atoms with Gasteiger partial charge in [0.15, 0.2) is 0 Å². The van der Waals surface area contributed by atoms with E-state index in [1.807, 2.05) is 41.1 Å². The molecular formula is C20H22N4O2. The highest BCUT2D eigenvalue weighted by molar-refractivity contribution is 5.95. The standard InChI is InChI=1S/C20H22N4O2/c1-13(2)12-26-20-18-21-9-10-24(18)11-17(23-20)14-3-5-15(6-4-14)19(25)22-16-7-8-16/h3-6,9-11,13,16H,7-8,12H2,1-2H3,(H,22,25). The average molecular weight is 350 g/mol. The van der Waals surface area contributed by atoms with Crippen molar-refractivity contribution in [3.8, 4) is 17.1 Å². The van der Waals surface area contributed by atoms with Crippen molar-refractivity contribution in [2.24, 2.45) is 5.92 Å². The molecule has 2 aromatic heterocycles. The van der Waals surface area contributed by atoms with Gasteiger partial charge in [-0.15, -0.1) is 0 Å². The van der Waals surface area contributed by atoms with E-state index >= 15 is 0 Å². The number of hydrogen-bond donors (Lipinski definition) is 1. The normalized spacial score (nSPS) is 14.0. The van der Waals surface area contributed by atoms with Gasteiger partial charge in [-0.05, 0) is 30.9 Å². The van der Waals surface area contributed by atoms with E-state index in [0.29, 0.717) is 35.7 Å². The number of carbonyl (C=O) groups is 1. The minimum atomic E-state index is -0.0157. The molecule has 1 aliphatic carbocycles. The molecule has 1 saturated carbocycles. The molecule has 6 heteroatoms.